The quantitative estimate of drug-likeness (QED) is 0.696. The van der Waals surface area contributed by atoms with Crippen molar-refractivity contribution < 1.29 is 13.5 Å². The van der Waals surface area contributed by atoms with Crippen LogP contribution in [0.5, 0.6) is 0 Å². The van der Waals surface area contributed by atoms with Crippen molar-refractivity contribution in [2.24, 2.45) is 5.92 Å². The Morgan fingerprint density at radius 2 is 2.06 bits per heavy atom. The van der Waals surface area contributed by atoms with Crippen molar-refractivity contribution in [1.82, 2.24) is 9.62 Å². The number of sulfonamides is 1. The van der Waals surface area contributed by atoms with E-state index in [1.54, 1.807) is 0 Å². The number of rotatable bonds is 4. The average molecular weight is 248 g/mol. The van der Waals surface area contributed by atoms with Crippen molar-refractivity contribution in [2.45, 2.75) is 31.1 Å². The second kappa shape index (κ2) is 4.60. The van der Waals surface area contributed by atoms with Gasteiger partial charge in [-0.15, -0.1) is 0 Å². The van der Waals surface area contributed by atoms with Crippen LogP contribution in [0.3, 0.4) is 0 Å². The fourth-order valence-corrected chi connectivity index (χ4v) is 3.64. The summed E-state index contributed by atoms with van der Waals surface area (Å²) in [5.74, 6) is 0.477. The van der Waals surface area contributed by atoms with Gasteiger partial charge in [-0.3, -0.25) is 0 Å². The van der Waals surface area contributed by atoms with Gasteiger partial charge in [0, 0.05) is 12.6 Å². The van der Waals surface area contributed by atoms with E-state index in [2.05, 4.69) is 9.62 Å². The Morgan fingerprint density at radius 1 is 1.44 bits per heavy atom. The molecule has 0 aromatic heterocycles. The number of hydrogen-bond acceptors (Lipinski definition) is 4. The summed E-state index contributed by atoms with van der Waals surface area (Å²) < 4.78 is 26.4. The molecule has 3 saturated heterocycles. The molecule has 0 aliphatic carbocycles. The van der Waals surface area contributed by atoms with E-state index in [1.165, 1.54) is 6.92 Å². The molecule has 5 nitrogen and oxygen atoms in total. The van der Waals surface area contributed by atoms with Gasteiger partial charge in [-0.05, 0) is 38.8 Å². The van der Waals surface area contributed by atoms with Crippen LogP contribution in [-0.4, -0.2) is 56.0 Å². The largest absolute Gasteiger partial charge is 0.395 e. The topological polar surface area (TPSA) is 69.6 Å². The number of nitrogens with one attached hydrogen (secondary N) is 1. The van der Waals surface area contributed by atoms with Gasteiger partial charge in [0.25, 0.3) is 0 Å². The molecule has 0 amide bonds. The maximum Gasteiger partial charge on any atom is 0.216 e. The molecule has 16 heavy (non-hydrogen) atoms. The van der Waals surface area contributed by atoms with Crippen molar-refractivity contribution in [3.05, 3.63) is 0 Å². The molecule has 0 radical (unpaired) electrons. The molecule has 6 heteroatoms. The Kier molecular flexibility index (Phi) is 3.53. The monoisotopic (exact) mass is 248 g/mol. The second-order valence-electron chi connectivity index (χ2n) is 4.90. The standard InChI is InChI=1S/C10H20N2O3S/c1-8(7-13)16(14,15)11-10-6-12-4-2-9(10)3-5-12/h8-11,13H,2-7H2,1H3. The van der Waals surface area contributed by atoms with E-state index in [0.29, 0.717) is 5.92 Å². The summed E-state index contributed by atoms with van der Waals surface area (Å²) in [6.07, 6.45) is 2.17. The zero-order chi connectivity index (χ0) is 11.8. The summed E-state index contributed by atoms with van der Waals surface area (Å²) in [6, 6.07) is 0.0431. The van der Waals surface area contributed by atoms with Crippen LogP contribution in [0, 0.1) is 5.92 Å². The highest BCUT2D eigenvalue weighted by Gasteiger charge is 2.37. The zero-order valence-electron chi connectivity index (χ0n) is 9.59. The van der Waals surface area contributed by atoms with Gasteiger partial charge in [0.1, 0.15) is 0 Å². The van der Waals surface area contributed by atoms with Crippen LogP contribution in [0.4, 0.5) is 0 Å². The zero-order valence-corrected chi connectivity index (χ0v) is 10.4. The van der Waals surface area contributed by atoms with E-state index >= 15 is 0 Å². The highest BCUT2D eigenvalue weighted by atomic mass is 32.2. The maximum atomic E-state index is 11.8. The van der Waals surface area contributed by atoms with Gasteiger partial charge in [-0.2, -0.15) is 0 Å². The fourth-order valence-electron chi connectivity index (χ4n) is 2.52. The SMILES string of the molecule is CC(CO)S(=O)(=O)NC1CN2CCC1CC2. The summed E-state index contributed by atoms with van der Waals surface area (Å²) >= 11 is 0. The van der Waals surface area contributed by atoms with E-state index < -0.39 is 15.3 Å². The summed E-state index contributed by atoms with van der Waals surface area (Å²) in [5.41, 5.74) is 0. The molecule has 3 aliphatic rings. The van der Waals surface area contributed by atoms with Gasteiger partial charge >= 0.3 is 0 Å². The molecule has 94 valence electrons. The third kappa shape index (κ3) is 2.40. The molecule has 3 aliphatic heterocycles. The third-order valence-electron chi connectivity index (χ3n) is 3.76. The third-order valence-corrected chi connectivity index (χ3v) is 5.60. The molecule has 2 bridgehead atoms. The molecule has 0 aromatic rings. The van der Waals surface area contributed by atoms with Gasteiger partial charge in [-0.25, -0.2) is 13.1 Å². The molecule has 2 N–H and O–H groups in total. The molecular weight excluding hydrogens is 228 g/mol. The molecule has 0 spiro atoms. The lowest BCUT2D eigenvalue weighted by atomic mass is 9.85. The van der Waals surface area contributed by atoms with Gasteiger partial charge < -0.3 is 10.0 Å². The number of nitrogens with zero attached hydrogens (tertiary/aromatic N) is 1. The van der Waals surface area contributed by atoms with Crippen LogP contribution in [0.15, 0.2) is 0 Å². The summed E-state index contributed by atoms with van der Waals surface area (Å²) in [4.78, 5) is 2.30. The Bertz CT molecular complexity index is 336. The number of piperidine rings is 3. The first-order valence-electron chi connectivity index (χ1n) is 5.87. The Balaban J connectivity index is 2.00. The number of fused-ring (bicyclic) bond motifs is 3. The van der Waals surface area contributed by atoms with E-state index in [9.17, 15) is 8.42 Å². The van der Waals surface area contributed by atoms with Crippen LogP contribution >= 0.6 is 0 Å². The highest BCUT2D eigenvalue weighted by Crippen LogP contribution is 2.28. The van der Waals surface area contributed by atoms with Crippen LogP contribution in [-0.2, 0) is 10.0 Å². The molecule has 3 rings (SSSR count). The van der Waals surface area contributed by atoms with Crippen molar-refractivity contribution in [3.8, 4) is 0 Å². The fraction of sp³-hybridized carbons (Fsp3) is 1.00. The van der Waals surface area contributed by atoms with Crippen LogP contribution in [0.1, 0.15) is 19.8 Å². The predicted octanol–water partition coefficient (Wildman–Crippen LogP) is -0.619. The Hall–Kier alpha value is -0.170. The van der Waals surface area contributed by atoms with E-state index in [0.717, 1.165) is 32.5 Å². The van der Waals surface area contributed by atoms with Gasteiger partial charge in [0.05, 0.1) is 11.9 Å². The smallest absolute Gasteiger partial charge is 0.216 e. The average Bonchev–Trinajstić information content (AvgIpc) is 2.29. The summed E-state index contributed by atoms with van der Waals surface area (Å²) in [5, 5.41) is 8.18. The minimum Gasteiger partial charge on any atom is -0.395 e. The van der Waals surface area contributed by atoms with Gasteiger partial charge in [0.2, 0.25) is 10.0 Å². The Morgan fingerprint density at radius 3 is 2.50 bits per heavy atom. The molecule has 0 aromatic carbocycles. The van der Waals surface area contributed by atoms with E-state index in [1.807, 2.05) is 0 Å². The minimum atomic E-state index is -3.36. The molecule has 3 heterocycles. The van der Waals surface area contributed by atoms with E-state index in [-0.39, 0.29) is 12.6 Å². The highest BCUT2D eigenvalue weighted by molar-refractivity contribution is 7.90. The first-order chi connectivity index (χ1) is 7.53. The molecule has 2 atom stereocenters. The van der Waals surface area contributed by atoms with Gasteiger partial charge in [0.15, 0.2) is 0 Å². The lowest BCUT2D eigenvalue weighted by Gasteiger charge is -2.44. The van der Waals surface area contributed by atoms with Crippen molar-refractivity contribution in [2.75, 3.05) is 26.2 Å². The summed E-state index contributed by atoms with van der Waals surface area (Å²) in [6.45, 7) is 4.22. The molecule has 3 fully saturated rings. The van der Waals surface area contributed by atoms with Gasteiger partial charge in [-0.1, -0.05) is 0 Å². The lowest BCUT2D eigenvalue weighted by molar-refractivity contribution is 0.0825. The number of hydrogen-bond donors (Lipinski definition) is 2. The first-order valence-corrected chi connectivity index (χ1v) is 7.42. The number of aliphatic hydroxyl groups excluding tert-OH is 1. The Labute approximate surface area is 96.9 Å². The van der Waals surface area contributed by atoms with Crippen molar-refractivity contribution >= 4 is 10.0 Å². The maximum absolute atomic E-state index is 11.8. The van der Waals surface area contributed by atoms with Crippen LogP contribution in [0.25, 0.3) is 0 Å². The van der Waals surface area contributed by atoms with Crippen LogP contribution < -0.4 is 4.72 Å². The second-order valence-corrected chi connectivity index (χ2v) is 7.03. The first kappa shape index (κ1) is 12.3. The molecule has 2 unspecified atom stereocenters. The molecule has 0 saturated carbocycles. The normalized spacial score (nSPS) is 36.2. The molecular formula is C10H20N2O3S. The van der Waals surface area contributed by atoms with Crippen LogP contribution in [0.2, 0.25) is 0 Å². The number of aliphatic hydroxyl groups is 1. The lowest BCUT2D eigenvalue weighted by Crippen LogP contribution is -2.58. The van der Waals surface area contributed by atoms with Crippen molar-refractivity contribution in [1.29, 1.82) is 0 Å². The van der Waals surface area contributed by atoms with Crippen molar-refractivity contribution in [3.63, 3.8) is 0 Å². The minimum absolute atomic E-state index is 0.0431. The van der Waals surface area contributed by atoms with E-state index in [4.69, 9.17) is 5.11 Å². The summed E-state index contributed by atoms with van der Waals surface area (Å²) in [7, 11) is -3.36. The predicted molar refractivity (Wildman–Crippen MR) is 61.6 cm³/mol.